The van der Waals surface area contributed by atoms with Gasteiger partial charge in [-0.1, -0.05) is 37.9 Å². The van der Waals surface area contributed by atoms with Crippen molar-refractivity contribution in [3.63, 3.8) is 0 Å². The summed E-state index contributed by atoms with van der Waals surface area (Å²) in [5.41, 5.74) is 1.05. The van der Waals surface area contributed by atoms with Crippen LogP contribution in [-0.2, 0) is 0 Å². The highest BCUT2D eigenvalue weighted by molar-refractivity contribution is 9.11. The van der Waals surface area contributed by atoms with Gasteiger partial charge in [-0.25, -0.2) is 13.2 Å². The highest BCUT2D eigenvalue weighted by atomic mass is 79.9. The van der Waals surface area contributed by atoms with E-state index >= 15 is 0 Å². The molecule has 1 atom stereocenters. The molecule has 2 rings (SSSR count). The van der Waals surface area contributed by atoms with E-state index in [-0.39, 0.29) is 11.1 Å². The predicted octanol–water partition coefficient (Wildman–Crippen LogP) is 5.66. The van der Waals surface area contributed by atoms with Gasteiger partial charge in [0.2, 0.25) is 0 Å². The van der Waals surface area contributed by atoms with Gasteiger partial charge in [0, 0.05) is 10.0 Å². The van der Waals surface area contributed by atoms with Crippen molar-refractivity contribution in [2.24, 2.45) is 0 Å². The Bertz CT molecular complexity index is 626. The van der Waals surface area contributed by atoms with Crippen LogP contribution in [0.1, 0.15) is 21.5 Å². The molecule has 5 heteroatoms. The van der Waals surface area contributed by atoms with Gasteiger partial charge in [0.05, 0.1) is 4.83 Å². The Hall–Kier alpha value is -0.810. The van der Waals surface area contributed by atoms with Crippen molar-refractivity contribution in [3.05, 3.63) is 68.9 Å². The molecule has 0 amide bonds. The van der Waals surface area contributed by atoms with Crippen molar-refractivity contribution in [3.8, 4) is 0 Å². The summed E-state index contributed by atoms with van der Waals surface area (Å²) in [4.78, 5) is -0.558. The van der Waals surface area contributed by atoms with E-state index in [0.717, 1.165) is 12.1 Å². The van der Waals surface area contributed by atoms with Crippen molar-refractivity contribution in [2.45, 2.75) is 11.8 Å². The molecule has 0 aliphatic heterocycles. The molecular formula is C14H9Br2F3. The fourth-order valence-corrected chi connectivity index (χ4v) is 3.37. The van der Waals surface area contributed by atoms with Crippen LogP contribution in [0.15, 0.2) is 34.8 Å². The van der Waals surface area contributed by atoms with E-state index in [1.54, 1.807) is 0 Å². The van der Waals surface area contributed by atoms with E-state index in [2.05, 4.69) is 31.9 Å². The quantitative estimate of drug-likeness (QED) is 0.577. The summed E-state index contributed by atoms with van der Waals surface area (Å²) >= 11 is 6.54. The van der Waals surface area contributed by atoms with Crippen LogP contribution >= 0.6 is 31.9 Å². The van der Waals surface area contributed by atoms with Gasteiger partial charge in [-0.15, -0.1) is 0 Å². The van der Waals surface area contributed by atoms with E-state index in [1.807, 2.05) is 0 Å². The number of hydrogen-bond acceptors (Lipinski definition) is 0. The van der Waals surface area contributed by atoms with E-state index < -0.39 is 22.3 Å². The second-order valence-electron chi connectivity index (χ2n) is 4.15. The molecule has 0 heterocycles. The van der Waals surface area contributed by atoms with Gasteiger partial charge in [0.15, 0.2) is 0 Å². The molecule has 0 nitrogen and oxygen atoms in total. The molecule has 0 fully saturated rings. The Labute approximate surface area is 125 Å². The standard InChI is InChI=1S/C14H9Br2F3/c1-7-4-13(19)10(6-12(7)18)14(16)9-3-2-8(17)5-11(9)15/h2-6,14H,1H3. The number of hydrogen-bond donors (Lipinski definition) is 0. The molecule has 0 spiro atoms. The molecule has 0 aliphatic rings. The molecule has 0 saturated heterocycles. The van der Waals surface area contributed by atoms with Crippen LogP contribution in [0.3, 0.4) is 0 Å². The second kappa shape index (κ2) is 5.67. The van der Waals surface area contributed by atoms with Crippen molar-refractivity contribution in [1.29, 1.82) is 0 Å². The van der Waals surface area contributed by atoms with Crippen LogP contribution in [0.25, 0.3) is 0 Å². The first-order valence-electron chi connectivity index (χ1n) is 5.44. The third-order valence-corrected chi connectivity index (χ3v) is 4.46. The van der Waals surface area contributed by atoms with Crippen LogP contribution in [0.2, 0.25) is 0 Å². The third-order valence-electron chi connectivity index (χ3n) is 2.79. The normalized spacial score (nSPS) is 12.5. The van der Waals surface area contributed by atoms with Crippen molar-refractivity contribution >= 4 is 31.9 Å². The smallest absolute Gasteiger partial charge is 0.128 e. The number of alkyl halides is 1. The van der Waals surface area contributed by atoms with Gasteiger partial charge < -0.3 is 0 Å². The van der Waals surface area contributed by atoms with Crippen LogP contribution in [-0.4, -0.2) is 0 Å². The minimum Gasteiger partial charge on any atom is -0.207 e. The number of halogens is 5. The molecule has 1 unspecified atom stereocenters. The van der Waals surface area contributed by atoms with Gasteiger partial charge in [-0.3, -0.25) is 0 Å². The summed E-state index contributed by atoms with van der Waals surface area (Å²) < 4.78 is 41.0. The first-order valence-corrected chi connectivity index (χ1v) is 7.15. The van der Waals surface area contributed by atoms with E-state index in [9.17, 15) is 13.2 Å². The molecule has 2 aromatic rings. The van der Waals surface area contributed by atoms with Gasteiger partial charge in [-0.05, 0) is 42.3 Å². The molecule has 2 aromatic carbocycles. The highest BCUT2D eigenvalue weighted by Gasteiger charge is 2.19. The summed E-state index contributed by atoms with van der Waals surface area (Å²) in [6, 6.07) is 6.38. The van der Waals surface area contributed by atoms with Gasteiger partial charge in [-0.2, -0.15) is 0 Å². The average molecular weight is 394 g/mol. The molecule has 19 heavy (non-hydrogen) atoms. The fraction of sp³-hybridized carbons (Fsp3) is 0.143. The van der Waals surface area contributed by atoms with Crippen LogP contribution in [0.5, 0.6) is 0 Å². The first-order chi connectivity index (χ1) is 8.90. The lowest BCUT2D eigenvalue weighted by molar-refractivity contribution is 0.581. The zero-order valence-corrected chi connectivity index (χ0v) is 13.0. The Kier molecular flexibility index (Phi) is 4.36. The predicted molar refractivity (Wildman–Crippen MR) is 76.0 cm³/mol. The van der Waals surface area contributed by atoms with Crippen LogP contribution in [0.4, 0.5) is 13.2 Å². The number of aryl methyl sites for hydroxylation is 1. The molecule has 0 bridgehead atoms. The zero-order valence-electron chi connectivity index (χ0n) is 9.85. The summed E-state index contributed by atoms with van der Waals surface area (Å²) in [6.07, 6.45) is 0. The maximum absolute atomic E-state index is 13.9. The van der Waals surface area contributed by atoms with Crippen molar-refractivity contribution in [2.75, 3.05) is 0 Å². The van der Waals surface area contributed by atoms with Crippen molar-refractivity contribution < 1.29 is 13.2 Å². The lowest BCUT2D eigenvalue weighted by atomic mass is 10.0. The van der Waals surface area contributed by atoms with E-state index in [4.69, 9.17) is 0 Å². The summed E-state index contributed by atoms with van der Waals surface area (Å²) in [6.45, 7) is 1.50. The maximum atomic E-state index is 13.9. The number of benzene rings is 2. The minimum atomic E-state index is -0.558. The van der Waals surface area contributed by atoms with E-state index in [1.165, 1.54) is 25.1 Å². The van der Waals surface area contributed by atoms with Crippen molar-refractivity contribution in [1.82, 2.24) is 0 Å². The Morgan fingerprint density at radius 3 is 2.26 bits per heavy atom. The van der Waals surface area contributed by atoms with E-state index in [0.29, 0.717) is 10.0 Å². The Morgan fingerprint density at radius 2 is 1.63 bits per heavy atom. The molecule has 0 saturated carbocycles. The highest BCUT2D eigenvalue weighted by Crippen LogP contribution is 2.37. The Morgan fingerprint density at radius 1 is 0.947 bits per heavy atom. The van der Waals surface area contributed by atoms with Crippen LogP contribution in [0, 0.1) is 24.4 Å². The van der Waals surface area contributed by atoms with Gasteiger partial charge >= 0.3 is 0 Å². The number of rotatable bonds is 2. The monoisotopic (exact) mass is 392 g/mol. The lowest BCUT2D eigenvalue weighted by Gasteiger charge is -2.14. The Balaban J connectivity index is 2.49. The summed E-state index contributed by atoms with van der Waals surface area (Å²) in [5, 5.41) is 0. The molecule has 0 aromatic heterocycles. The SMILES string of the molecule is Cc1cc(F)c(C(Br)c2ccc(F)cc2Br)cc1F. The van der Waals surface area contributed by atoms with Gasteiger partial charge in [0.25, 0.3) is 0 Å². The summed E-state index contributed by atoms with van der Waals surface area (Å²) in [5.74, 6) is -1.37. The molecule has 100 valence electrons. The molecular weight excluding hydrogens is 385 g/mol. The van der Waals surface area contributed by atoms with Gasteiger partial charge in [0.1, 0.15) is 17.5 Å². The maximum Gasteiger partial charge on any atom is 0.128 e. The fourth-order valence-electron chi connectivity index (χ4n) is 1.73. The molecule has 0 aliphatic carbocycles. The average Bonchev–Trinajstić information content (AvgIpc) is 2.33. The second-order valence-corrected chi connectivity index (χ2v) is 5.92. The molecule has 0 radical (unpaired) electrons. The largest absolute Gasteiger partial charge is 0.207 e. The summed E-state index contributed by atoms with van der Waals surface area (Å²) in [7, 11) is 0. The molecule has 0 N–H and O–H groups in total. The topological polar surface area (TPSA) is 0 Å². The third kappa shape index (κ3) is 3.03. The lowest BCUT2D eigenvalue weighted by Crippen LogP contribution is -2.00. The van der Waals surface area contributed by atoms with Crippen LogP contribution < -0.4 is 0 Å². The first kappa shape index (κ1) is 14.6. The minimum absolute atomic E-state index is 0.176. The zero-order chi connectivity index (χ0) is 14.2.